The first-order chi connectivity index (χ1) is 9.45. The molecular weight excluding hydrogens is 261 g/mol. The van der Waals surface area contributed by atoms with Gasteiger partial charge in [0.05, 0.1) is 17.4 Å². The van der Waals surface area contributed by atoms with Gasteiger partial charge in [-0.3, -0.25) is 0 Å². The minimum absolute atomic E-state index is 0.0794. The van der Waals surface area contributed by atoms with E-state index in [-0.39, 0.29) is 17.5 Å². The molecule has 1 aromatic carbocycles. The van der Waals surface area contributed by atoms with Gasteiger partial charge >= 0.3 is 5.97 Å². The van der Waals surface area contributed by atoms with Gasteiger partial charge in [-0.2, -0.15) is 0 Å². The first-order valence-electron chi connectivity index (χ1n) is 6.94. The number of ether oxygens (including phenoxy) is 1. The average Bonchev–Trinajstić information content (AvgIpc) is 2.38. The summed E-state index contributed by atoms with van der Waals surface area (Å²) in [6.45, 7) is 4.04. The van der Waals surface area contributed by atoms with E-state index in [0.29, 0.717) is 0 Å². The van der Waals surface area contributed by atoms with Crippen molar-refractivity contribution in [2.24, 2.45) is 0 Å². The Balaban J connectivity index is 2.63. The first-order valence-corrected chi connectivity index (χ1v) is 6.94. The number of unbranched alkanes of at least 4 members (excludes halogenated alkanes) is 3. The molecule has 0 fully saturated rings. The lowest BCUT2D eigenvalue weighted by atomic mass is 10.1. The maximum atomic E-state index is 13.6. The third kappa shape index (κ3) is 4.72. The van der Waals surface area contributed by atoms with Crippen molar-refractivity contribution < 1.29 is 19.0 Å². The Morgan fingerprint density at radius 1 is 1.40 bits per heavy atom. The van der Waals surface area contributed by atoms with Crippen molar-refractivity contribution in [2.45, 2.75) is 52.1 Å². The Morgan fingerprint density at radius 2 is 2.10 bits per heavy atom. The Bertz CT molecular complexity index is 463. The van der Waals surface area contributed by atoms with Crippen LogP contribution >= 0.6 is 0 Å². The quantitative estimate of drug-likeness (QED) is 0.561. The van der Waals surface area contributed by atoms with Gasteiger partial charge in [-0.1, -0.05) is 26.2 Å². The lowest BCUT2D eigenvalue weighted by Crippen LogP contribution is -2.13. The number of halogens is 1. The van der Waals surface area contributed by atoms with Crippen molar-refractivity contribution in [3.8, 4) is 5.75 Å². The fourth-order valence-electron chi connectivity index (χ4n) is 1.97. The number of nitrogens with two attached hydrogens (primary N) is 1. The number of anilines is 1. The number of hydrogen-bond acceptors (Lipinski definition) is 3. The van der Waals surface area contributed by atoms with Crippen molar-refractivity contribution in [3.63, 3.8) is 0 Å². The number of rotatable bonds is 8. The van der Waals surface area contributed by atoms with E-state index >= 15 is 0 Å². The fraction of sp³-hybridized carbons (Fsp3) is 0.533. The molecule has 0 heterocycles. The zero-order chi connectivity index (χ0) is 15.1. The van der Waals surface area contributed by atoms with Gasteiger partial charge in [-0.05, 0) is 25.8 Å². The molecule has 1 unspecified atom stereocenters. The number of aromatic carboxylic acids is 1. The fourth-order valence-corrected chi connectivity index (χ4v) is 1.97. The Kier molecular flexibility index (Phi) is 6.28. The summed E-state index contributed by atoms with van der Waals surface area (Å²) in [4.78, 5) is 10.8. The normalized spacial score (nSPS) is 12.2. The summed E-state index contributed by atoms with van der Waals surface area (Å²) in [7, 11) is 0. The number of nitrogen functional groups attached to an aromatic ring is 1. The van der Waals surface area contributed by atoms with Crippen LogP contribution in [0.5, 0.6) is 5.75 Å². The lowest BCUT2D eigenvalue weighted by Gasteiger charge is -2.16. The van der Waals surface area contributed by atoms with Crippen LogP contribution in [0.15, 0.2) is 12.1 Å². The predicted octanol–water partition coefficient (Wildman–Crippen LogP) is 3.84. The molecule has 1 atom stereocenters. The van der Waals surface area contributed by atoms with Crippen LogP contribution in [0, 0.1) is 5.82 Å². The zero-order valence-corrected chi connectivity index (χ0v) is 12.0. The van der Waals surface area contributed by atoms with Gasteiger partial charge in [0.15, 0.2) is 0 Å². The van der Waals surface area contributed by atoms with Crippen LogP contribution in [0.4, 0.5) is 10.1 Å². The standard InChI is InChI=1S/C15H22FNO3/c1-3-4-5-6-7-10(2)20-14-9-12(16)11(15(18)19)8-13(14)17/h8-10H,3-7,17H2,1-2H3,(H,18,19). The van der Waals surface area contributed by atoms with E-state index in [4.69, 9.17) is 15.6 Å². The van der Waals surface area contributed by atoms with E-state index in [2.05, 4.69) is 6.92 Å². The van der Waals surface area contributed by atoms with Crippen LogP contribution in [0.2, 0.25) is 0 Å². The van der Waals surface area contributed by atoms with Gasteiger partial charge in [-0.15, -0.1) is 0 Å². The van der Waals surface area contributed by atoms with Gasteiger partial charge in [-0.25, -0.2) is 9.18 Å². The summed E-state index contributed by atoms with van der Waals surface area (Å²) >= 11 is 0. The summed E-state index contributed by atoms with van der Waals surface area (Å²) in [6.07, 6.45) is 5.34. The molecule has 0 aliphatic carbocycles. The number of benzene rings is 1. The van der Waals surface area contributed by atoms with Crippen molar-refractivity contribution in [1.82, 2.24) is 0 Å². The highest BCUT2D eigenvalue weighted by atomic mass is 19.1. The summed E-state index contributed by atoms with van der Waals surface area (Å²) in [5.41, 5.74) is 5.40. The molecule has 0 bridgehead atoms. The average molecular weight is 283 g/mol. The van der Waals surface area contributed by atoms with Gasteiger partial charge < -0.3 is 15.6 Å². The molecule has 1 rings (SSSR count). The first kappa shape index (κ1) is 16.3. The second kappa shape index (κ2) is 7.72. The summed E-state index contributed by atoms with van der Waals surface area (Å²) < 4.78 is 19.2. The van der Waals surface area contributed by atoms with E-state index < -0.39 is 17.3 Å². The SMILES string of the molecule is CCCCCCC(C)Oc1cc(F)c(C(=O)O)cc1N. The molecule has 0 amide bonds. The molecule has 0 saturated heterocycles. The monoisotopic (exact) mass is 283 g/mol. The predicted molar refractivity (Wildman–Crippen MR) is 76.6 cm³/mol. The molecule has 0 aliphatic heterocycles. The Hall–Kier alpha value is -1.78. The highest BCUT2D eigenvalue weighted by molar-refractivity contribution is 5.89. The van der Waals surface area contributed by atoms with Crippen LogP contribution in [-0.4, -0.2) is 17.2 Å². The van der Waals surface area contributed by atoms with Crippen LogP contribution in [-0.2, 0) is 0 Å². The molecule has 0 saturated carbocycles. The second-order valence-corrected chi connectivity index (χ2v) is 4.95. The molecule has 1 aromatic rings. The topological polar surface area (TPSA) is 72.5 Å². The van der Waals surface area contributed by atoms with Gasteiger partial charge in [0, 0.05) is 6.07 Å². The molecule has 0 aromatic heterocycles. The lowest BCUT2D eigenvalue weighted by molar-refractivity contribution is 0.0692. The maximum Gasteiger partial charge on any atom is 0.338 e. The number of hydrogen-bond donors (Lipinski definition) is 2. The summed E-state index contributed by atoms with van der Waals surface area (Å²) in [6, 6.07) is 2.14. The molecule has 20 heavy (non-hydrogen) atoms. The van der Waals surface area contributed by atoms with Crippen molar-refractivity contribution >= 4 is 11.7 Å². The minimum atomic E-state index is -1.34. The maximum absolute atomic E-state index is 13.6. The van der Waals surface area contributed by atoms with E-state index in [9.17, 15) is 9.18 Å². The Morgan fingerprint density at radius 3 is 2.70 bits per heavy atom. The minimum Gasteiger partial charge on any atom is -0.488 e. The van der Waals surface area contributed by atoms with Gasteiger partial charge in [0.1, 0.15) is 11.6 Å². The number of carboxylic acid groups (broad SMARTS) is 1. The highest BCUT2D eigenvalue weighted by Crippen LogP contribution is 2.27. The van der Waals surface area contributed by atoms with E-state index in [1.807, 2.05) is 6.92 Å². The smallest absolute Gasteiger partial charge is 0.338 e. The van der Waals surface area contributed by atoms with E-state index in [1.54, 1.807) is 0 Å². The zero-order valence-electron chi connectivity index (χ0n) is 12.0. The third-order valence-corrected chi connectivity index (χ3v) is 3.12. The van der Waals surface area contributed by atoms with Crippen LogP contribution in [0.1, 0.15) is 56.3 Å². The van der Waals surface area contributed by atoms with Crippen LogP contribution < -0.4 is 10.5 Å². The van der Waals surface area contributed by atoms with E-state index in [0.717, 1.165) is 31.4 Å². The molecule has 5 heteroatoms. The summed E-state index contributed by atoms with van der Waals surface area (Å²) in [5.74, 6) is -1.97. The van der Waals surface area contributed by atoms with Crippen molar-refractivity contribution in [1.29, 1.82) is 0 Å². The van der Waals surface area contributed by atoms with Crippen LogP contribution in [0.3, 0.4) is 0 Å². The Labute approximate surface area is 118 Å². The van der Waals surface area contributed by atoms with Crippen molar-refractivity contribution in [2.75, 3.05) is 5.73 Å². The molecule has 0 aliphatic rings. The van der Waals surface area contributed by atoms with Crippen molar-refractivity contribution in [3.05, 3.63) is 23.5 Å². The third-order valence-electron chi connectivity index (χ3n) is 3.12. The van der Waals surface area contributed by atoms with Crippen LogP contribution in [0.25, 0.3) is 0 Å². The van der Waals surface area contributed by atoms with Gasteiger partial charge in [0.2, 0.25) is 0 Å². The molecule has 0 radical (unpaired) electrons. The molecule has 4 nitrogen and oxygen atoms in total. The highest BCUT2D eigenvalue weighted by Gasteiger charge is 2.15. The number of carbonyl (C=O) groups is 1. The summed E-state index contributed by atoms with van der Waals surface area (Å²) in [5, 5.41) is 8.79. The largest absolute Gasteiger partial charge is 0.488 e. The molecular formula is C15H22FNO3. The van der Waals surface area contributed by atoms with Gasteiger partial charge in [0.25, 0.3) is 0 Å². The van der Waals surface area contributed by atoms with E-state index in [1.165, 1.54) is 12.8 Å². The second-order valence-electron chi connectivity index (χ2n) is 4.95. The molecule has 0 spiro atoms. The molecule has 112 valence electrons. The molecule has 3 N–H and O–H groups in total. The number of carboxylic acids is 1.